The van der Waals surface area contributed by atoms with Gasteiger partial charge in [0.05, 0.1) is 0 Å². The van der Waals surface area contributed by atoms with Gasteiger partial charge in [-0.05, 0) is 23.6 Å². The third-order valence-electron chi connectivity index (χ3n) is 4.05. The maximum Gasteiger partial charge on any atom is 0.0423 e. The molecular formula is C20H18Cr. The van der Waals surface area contributed by atoms with E-state index in [9.17, 15) is 0 Å². The average molecular weight is 310 g/mol. The number of hydrogen-bond acceptors (Lipinski definition) is 0. The molecule has 0 atom stereocenters. The second-order valence-corrected chi connectivity index (χ2v) is 5.22. The summed E-state index contributed by atoms with van der Waals surface area (Å²) in [6, 6.07) is 32.1. The van der Waals surface area contributed by atoms with E-state index in [2.05, 4.69) is 97.9 Å². The van der Waals surface area contributed by atoms with Crippen molar-refractivity contribution in [2.75, 3.05) is 0 Å². The Morgan fingerprint density at radius 3 is 0.952 bits per heavy atom. The minimum atomic E-state index is -0.121. The SMILES string of the molecule is CC(c1ccccc1)(c1ccccc1)c1ccccc1.[Cr]. The smallest absolute Gasteiger partial charge is 0.0423 e. The Hall–Kier alpha value is -1.81. The normalized spacial score (nSPS) is 10.7. The summed E-state index contributed by atoms with van der Waals surface area (Å²) < 4.78 is 0. The molecule has 0 fully saturated rings. The summed E-state index contributed by atoms with van der Waals surface area (Å²) >= 11 is 0. The van der Waals surface area contributed by atoms with Gasteiger partial charge in [0.25, 0.3) is 0 Å². The first-order valence-electron chi connectivity index (χ1n) is 6.98. The van der Waals surface area contributed by atoms with Crippen molar-refractivity contribution < 1.29 is 17.4 Å². The van der Waals surface area contributed by atoms with Crippen LogP contribution in [0.4, 0.5) is 0 Å². The molecule has 104 valence electrons. The van der Waals surface area contributed by atoms with Crippen LogP contribution in [0.25, 0.3) is 0 Å². The van der Waals surface area contributed by atoms with Crippen molar-refractivity contribution in [3.8, 4) is 0 Å². The van der Waals surface area contributed by atoms with E-state index in [-0.39, 0.29) is 22.8 Å². The Kier molecular flexibility index (Phi) is 5.02. The molecule has 21 heavy (non-hydrogen) atoms. The molecule has 0 nitrogen and oxygen atoms in total. The van der Waals surface area contributed by atoms with E-state index in [0.717, 1.165) is 0 Å². The number of hydrogen-bond donors (Lipinski definition) is 0. The Morgan fingerprint density at radius 2 is 0.714 bits per heavy atom. The number of rotatable bonds is 3. The predicted molar refractivity (Wildman–Crippen MR) is 84.9 cm³/mol. The van der Waals surface area contributed by atoms with Crippen LogP contribution in [-0.2, 0) is 22.8 Å². The largest absolute Gasteiger partial charge is 0.0622 e. The maximum atomic E-state index is 2.30. The van der Waals surface area contributed by atoms with E-state index in [1.165, 1.54) is 16.7 Å². The van der Waals surface area contributed by atoms with Crippen molar-refractivity contribution in [3.05, 3.63) is 108 Å². The van der Waals surface area contributed by atoms with Crippen molar-refractivity contribution in [2.45, 2.75) is 12.3 Å². The summed E-state index contributed by atoms with van der Waals surface area (Å²) in [5.74, 6) is 0. The van der Waals surface area contributed by atoms with Crippen LogP contribution in [0.2, 0.25) is 0 Å². The summed E-state index contributed by atoms with van der Waals surface area (Å²) in [6.07, 6.45) is 0. The summed E-state index contributed by atoms with van der Waals surface area (Å²) in [4.78, 5) is 0. The van der Waals surface area contributed by atoms with E-state index in [1.54, 1.807) is 0 Å². The summed E-state index contributed by atoms with van der Waals surface area (Å²) in [5.41, 5.74) is 3.83. The first-order chi connectivity index (χ1) is 9.82. The molecule has 0 aliphatic carbocycles. The van der Waals surface area contributed by atoms with Gasteiger partial charge in [-0.2, -0.15) is 0 Å². The molecule has 1 heteroatoms. The van der Waals surface area contributed by atoms with Gasteiger partial charge in [0, 0.05) is 22.8 Å². The quantitative estimate of drug-likeness (QED) is 0.595. The molecule has 0 N–H and O–H groups in total. The molecule has 0 heterocycles. The third kappa shape index (κ3) is 2.95. The van der Waals surface area contributed by atoms with Gasteiger partial charge in [0.1, 0.15) is 0 Å². The Labute approximate surface area is 137 Å². The van der Waals surface area contributed by atoms with Crippen LogP contribution < -0.4 is 0 Å². The van der Waals surface area contributed by atoms with Gasteiger partial charge in [-0.25, -0.2) is 0 Å². The fourth-order valence-corrected chi connectivity index (χ4v) is 2.81. The number of benzene rings is 3. The van der Waals surface area contributed by atoms with Crippen molar-refractivity contribution in [1.29, 1.82) is 0 Å². The van der Waals surface area contributed by atoms with Crippen LogP contribution in [-0.4, -0.2) is 0 Å². The van der Waals surface area contributed by atoms with E-state index in [0.29, 0.717) is 0 Å². The molecule has 0 spiro atoms. The fourth-order valence-electron chi connectivity index (χ4n) is 2.81. The monoisotopic (exact) mass is 310 g/mol. The van der Waals surface area contributed by atoms with E-state index in [1.807, 2.05) is 0 Å². The van der Waals surface area contributed by atoms with Gasteiger partial charge < -0.3 is 0 Å². The van der Waals surface area contributed by atoms with Gasteiger partial charge in [0.15, 0.2) is 0 Å². The maximum absolute atomic E-state index is 2.30. The van der Waals surface area contributed by atoms with Crippen LogP contribution >= 0.6 is 0 Å². The Morgan fingerprint density at radius 1 is 0.476 bits per heavy atom. The van der Waals surface area contributed by atoms with Crippen LogP contribution in [0.3, 0.4) is 0 Å². The molecule has 3 rings (SSSR count). The van der Waals surface area contributed by atoms with Crippen molar-refractivity contribution in [2.24, 2.45) is 0 Å². The molecule has 0 bridgehead atoms. The zero-order valence-electron chi connectivity index (χ0n) is 12.1. The second kappa shape index (κ2) is 6.77. The van der Waals surface area contributed by atoms with Crippen molar-refractivity contribution in [1.82, 2.24) is 0 Å². The Balaban J connectivity index is 0.00000161. The molecule has 0 aromatic heterocycles. The molecule has 0 aliphatic heterocycles. The Bertz CT molecular complexity index is 563. The molecule has 0 radical (unpaired) electrons. The van der Waals surface area contributed by atoms with E-state index in [4.69, 9.17) is 0 Å². The summed E-state index contributed by atoms with van der Waals surface area (Å²) in [5, 5.41) is 0. The standard InChI is InChI=1S/C20H18.Cr/c1-20(17-11-5-2-6-12-17,18-13-7-3-8-14-18)19-15-9-4-10-16-19;/h2-16H,1H3;. The van der Waals surface area contributed by atoms with Gasteiger partial charge in [-0.15, -0.1) is 0 Å². The molecule has 0 saturated heterocycles. The fraction of sp³-hybridized carbons (Fsp3) is 0.100. The van der Waals surface area contributed by atoms with Crippen LogP contribution in [0.15, 0.2) is 91.0 Å². The zero-order valence-corrected chi connectivity index (χ0v) is 13.3. The molecule has 0 saturated carbocycles. The molecule has 0 amide bonds. The van der Waals surface area contributed by atoms with Crippen LogP contribution in [0, 0.1) is 0 Å². The van der Waals surface area contributed by atoms with E-state index < -0.39 is 0 Å². The van der Waals surface area contributed by atoms with Gasteiger partial charge in [0.2, 0.25) is 0 Å². The molecule has 3 aromatic rings. The average Bonchev–Trinajstić information content (AvgIpc) is 2.56. The summed E-state index contributed by atoms with van der Waals surface area (Å²) in [7, 11) is 0. The molecular weight excluding hydrogens is 292 g/mol. The topological polar surface area (TPSA) is 0 Å². The molecule has 3 aromatic carbocycles. The first-order valence-corrected chi connectivity index (χ1v) is 6.98. The van der Waals surface area contributed by atoms with Gasteiger partial charge in [-0.3, -0.25) is 0 Å². The van der Waals surface area contributed by atoms with Crippen LogP contribution in [0.1, 0.15) is 23.6 Å². The summed E-state index contributed by atoms with van der Waals surface area (Å²) in [6.45, 7) is 2.30. The van der Waals surface area contributed by atoms with Crippen molar-refractivity contribution >= 4 is 0 Å². The zero-order chi connectivity index (χ0) is 13.8. The molecule has 0 aliphatic rings. The van der Waals surface area contributed by atoms with Gasteiger partial charge >= 0.3 is 0 Å². The predicted octanol–water partition coefficient (Wildman–Crippen LogP) is 5.04. The van der Waals surface area contributed by atoms with Crippen LogP contribution in [0.5, 0.6) is 0 Å². The molecule has 0 unspecified atom stereocenters. The van der Waals surface area contributed by atoms with Gasteiger partial charge in [-0.1, -0.05) is 91.0 Å². The second-order valence-electron chi connectivity index (χ2n) is 5.22. The minimum Gasteiger partial charge on any atom is -0.0622 e. The minimum absolute atomic E-state index is 0. The van der Waals surface area contributed by atoms with E-state index >= 15 is 0 Å². The first kappa shape index (κ1) is 15.6. The third-order valence-corrected chi connectivity index (χ3v) is 4.05. The van der Waals surface area contributed by atoms with Crippen molar-refractivity contribution in [3.63, 3.8) is 0 Å².